The molecule has 1 aromatic rings. The van der Waals surface area contributed by atoms with E-state index >= 15 is 0 Å². The van der Waals surface area contributed by atoms with Crippen molar-refractivity contribution in [3.8, 4) is 0 Å². The number of ketones is 1. The van der Waals surface area contributed by atoms with Gasteiger partial charge in [-0.1, -0.05) is 19.1 Å². The van der Waals surface area contributed by atoms with E-state index in [1.54, 1.807) is 36.1 Å². The van der Waals surface area contributed by atoms with Gasteiger partial charge in [0, 0.05) is 30.4 Å². The predicted octanol–water partition coefficient (Wildman–Crippen LogP) is 0.841. The second-order valence-electron chi connectivity index (χ2n) is 7.87. The molecule has 0 bridgehead atoms. The van der Waals surface area contributed by atoms with Gasteiger partial charge in [-0.2, -0.15) is 0 Å². The highest BCUT2D eigenvalue weighted by atomic mass is 16.5. The second kappa shape index (κ2) is 6.64. The van der Waals surface area contributed by atoms with E-state index in [2.05, 4.69) is 5.32 Å². The Labute approximate surface area is 158 Å². The third-order valence-corrected chi connectivity index (χ3v) is 6.01. The van der Waals surface area contributed by atoms with Gasteiger partial charge in [0.25, 0.3) is 0 Å². The molecule has 0 radical (unpaired) electrons. The maximum Gasteiger partial charge on any atom is 0.227 e. The summed E-state index contributed by atoms with van der Waals surface area (Å²) in [5.74, 6) is -1.88. The molecule has 2 saturated carbocycles. The third-order valence-electron chi connectivity index (χ3n) is 6.01. The van der Waals surface area contributed by atoms with Crippen LogP contribution in [0.5, 0.6) is 0 Å². The molecule has 0 spiro atoms. The first kappa shape index (κ1) is 18.0. The Morgan fingerprint density at radius 1 is 1.15 bits per heavy atom. The van der Waals surface area contributed by atoms with E-state index in [0.717, 1.165) is 12.8 Å². The summed E-state index contributed by atoms with van der Waals surface area (Å²) in [7, 11) is 0. The molecule has 1 aromatic carbocycles. The maximum absolute atomic E-state index is 13.3. The van der Waals surface area contributed by atoms with Crippen molar-refractivity contribution < 1.29 is 19.1 Å². The molecule has 1 saturated heterocycles. The molecule has 7 heteroatoms. The molecule has 27 heavy (non-hydrogen) atoms. The number of morpholine rings is 1. The average molecular weight is 371 g/mol. The molecule has 0 aromatic heterocycles. The lowest BCUT2D eigenvalue weighted by atomic mass is 9.91. The molecule has 3 aliphatic rings. The van der Waals surface area contributed by atoms with Crippen LogP contribution in [0.2, 0.25) is 0 Å². The summed E-state index contributed by atoms with van der Waals surface area (Å²) in [6.07, 6.45) is 1.91. The van der Waals surface area contributed by atoms with E-state index in [9.17, 15) is 14.4 Å². The number of carbonyl (C=O) groups excluding carboxylic acids is 3. The summed E-state index contributed by atoms with van der Waals surface area (Å²) in [5, 5.41) is 2.96. The number of Topliss-reactive ketones (excluding diaryl/α,β-unsaturated/α-hetero) is 1. The highest BCUT2D eigenvalue weighted by Crippen LogP contribution is 2.61. The van der Waals surface area contributed by atoms with Crippen LogP contribution in [-0.2, 0) is 14.3 Å². The van der Waals surface area contributed by atoms with Crippen LogP contribution < -0.4 is 11.1 Å². The van der Waals surface area contributed by atoms with E-state index in [-0.39, 0.29) is 23.6 Å². The van der Waals surface area contributed by atoms with Crippen LogP contribution in [0.4, 0.5) is 5.69 Å². The van der Waals surface area contributed by atoms with Crippen LogP contribution in [0.15, 0.2) is 24.3 Å². The van der Waals surface area contributed by atoms with Gasteiger partial charge in [-0.05, 0) is 25.0 Å². The van der Waals surface area contributed by atoms with E-state index in [4.69, 9.17) is 10.5 Å². The van der Waals surface area contributed by atoms with Crippen molar-refractivity contribution in [2.45, 2.75) is 25.8 Å². The van der Waals surface area contributed by atoms with Crippen molar-refractivity contribution in [2.24, 2.45) is 17.3 Å². The summed E-state index contributed by atoms with van der Waals surface area (Å²) >= 11 is 0. The first-order valence-corrected chi connectivity index (χ1v) is 9.51. The summed E-state index contributed by atoms with van der Waals surface area (Å²) < 4.78 is 5.31. The number of nitrogens with one attached hydrogen (secondary N) is 1. The molecule has 144 valence electrons. The van der Waals surface area contributed by atoms with Gasteiger partial charge in [-0.25, -0.2) is 0 Å². The van der Waals surface area contributed by atoms with Crippen LogP contribution in [-0.4, -0.2) is 54.8 Å². The lowest BCUT2D eigenvalue weighted by Gasteiger charge is -2.27. The number of anilines is 1. The lowest BCUT2D eigenvalue weighted by molar-refractivity contribution is -0.138. The SMILES string of the molecule is C[C@@]1(C(=O)c2ccccc2N)[C@H](C(=O)N2CCOCC2)[C@@H]1C(=O)NC1CC1. The first-order chi connectivity index (χ1) is 12.9. The van der Waals surface area contributed by atoms with Crippen molar-refractivity contribution in [3.05, 3.63) is 29.8 Å². The van der Waals surface area contributed by atoms with Crippen LogP contribution >= 0.6 is 0 Å². The third kappa shape index (κ3) is 3.10. The van der Waals surface area contributed by atoms with Crippen LogP contribution in [0.3, 0.4) is 0 Å². The Balaban J connectivity index is 1.62. The number of nitrogen functional groups attached to an aromatic ring is 1. The largest absolute Gasteiger partial charge is 0.398 e. The molecule has 2 amide bonds. The van der Waals surface area contributed by atoms with Gasteiger partial charge >= 0.3 is 0 Å². The summed E-state index contributed by atoms with van der Waals surface area (Å²) in [6.45, 7) is 3.66. The molecule has 4 rings (SSSR count). The number of para-hydroxylation sites is 1. The van der Waals surface area contributed by atoms with Gasteiger partial charge in [0.15, 0.2) is 5.78 Å². The highest BCUT2D eigenvalue weighted by Gasteiger charge is 2.73. The molecule has 7 nitrogen and oxygen atoms in total. The Hall–Kier alpha value is -2.41. The molecule has 3 fully saturated rings. The number of amides is 2. The topological polar surface area (TPSA) is 102 Å². The average Bonchev–Trinajstić information content (AvgIpc) is 3.58. The molecular formula is C20H25N3O4. The zero-order valence-electron chi connectivity index (χ0n) is 15.4. The van der Waals surface area contributed by atoms with Gasteiger partial charge in [0.05, 0.1) is 30.5 Å². The van der Waals surface area contributed by atoms with Crippen molar-refractivity contribution in [1.29, 1.82) is 0 Å². The Kier molecular flexibility index (Phi) is 4.42. The number of nitrogens with two attached hydrogens (primary N) is 1. The molecule has 3 atom stereocenters. The van der Waals surface area contributed by atoms with E-state index in [0.29, 0.717) is 37.6 Å². The fourth-order valence-corrected chi connectivity index (χ4v) is 4.11. The molecule has 1 heterocycles. The number of carbonyl (C=O) groups is 3. The smallest absolute Gasteiger partial charge is 0.227 e. The van der Waals surface area contributed by atoms with Crippen LogP contribution in [0, 0.1) is 17.3 Å². The predicted molar refractivity (Wildman–Crippen MR) is 98.8 cm³/mol. The summed E-state index contributed by atoms with van der Waals surface area (Å²) in [5.41, 5.74) is 5.67. The van der Waals surface area contributed by atoms with E-state index in [1.807, 2.05) is 0 Å². The quantitative estimate of drug-likeness (QED) is 0.590. The molecule has 1 aliphatic heterocycles. The van der Waals surface area contributed by atoms with Crippen molar-refractivity contribution in [1.82, 2.24) is 10.2 Å². The minimum Gasteiger partial charge on any atom is -0.398 e. The van der Waals surface area contributed by atoms with E-state index in [1.165, 1.54) is 0 Å². The minimum atomic E-state index is -1.07. The zero-order valence-corrected chi connectivity index (χ0v) is 15.4. The standard InChI is InChI=1S/C20H25N3O4/c1-20(17(24)13-4-2-3-5-14(13)21)15(18(25)22-12-6-7-12)16(20)19(26)23-8-10-27-11-9-23/h2-5,12,15-16H,6-11,21H2,1H3,(H,22,25)/t15-,16+,20+/m1/s1. The Bertz CT molecular complexity index is 785. The molecular weight excluding hydrogens is 346 g/mol. The van der Waals surface area contributed by atoms with Gasteiger partial charge in [0.1, 0.15) is 0 Å². The molecule has 3 N–H and O–H groups in total. The zero-order chi connectivity index (χ0) is 19.2. The normalized spacial score (nSPS) is 29.9. The second-order valence-corrected chi connectivity index (χ2v) is 7.87. The van der Waals surface area contributed by atoms with Gasteiger partial charge in [-0.3, -0.25) is 14.4 Å². The highest BCUT2D eigenvalue weighted by molar-refractivity contribution is 6.14. The Morgan fingerprint density at radius 3 is 2.44 bits per heavy atom. The van der Waals surface area contributed by atoms with E-state index < -0.39 is 17.3 Å². The van der Waals surface area contributed by atoms with Crippen LogP contribution in [0.1, 0.15) is 30.1 Å². The first-order valence-electron chi connectivity index (χ1n) is 9.51. The fourth-order valence-electron chi connectivity index (χ4n) is 4.11. The fraction of sp³-hybridized carbons (Fsp3) is 0.550. The molecule has 2 aliphatic carbocycles. The minimum absolute atomic E-state index is 0.139. The Morgan fingerprint density at radius 2 is 1.81 bits per heavy atom. The summed E-state index contributed by atoms with van der Waals surface area (Å²) in [6, 6.07) is 7.01. The van der Waals surface area contributed by atoms with Crippen molar-refractivity contribution in [2.75, 3.05) is 32.0 Å². The number of hydrogen-bond donors (Lipinski definition) is 2. The number of hydrogen-bond acceptors (Lipinski definition) is 5. The van der Waals surface area contributed by atoms with Gasteiger partial charge < -0.3 is 20.7 Å². The molecule has 0 unspecified atom stereocenters. The monoisotopic (exact) mass is 371 g/mol. The number of benzene rings is 1. The summed E-state index contributed by atoms with van der Waals surface area (Å²) in [4.78, 5) is 40.9. The number of ether oxygens (including phenoxy) is 1. The maximum atomic E-state index is 13.3. The number of rotatable bonds is 5. The van der Waals surface area contributed by atoms with Crippen molar-refractivity contribution in [3.63, 3.8) is 0 Å². The lowest BCUT2D eigenvalue weighted by Crippen LogP contribution is -2.43. The van der Waals surface area contributed by atoms with Crippen LogP contribution in [0.25, 0.3) is 0 Å². The number of nitrogens with zero attached hydrogens (tertiary/aromatic N) is 1. The van der Waals surface area contributed by atoms with Crippen molar-refractivity contribution >= 4 is 23.3 Å². The van der Waals surface area contributed by atoms with Gasteiger partial charge in [-0.15, -0.1) is 0 Å². The van der Waals surface area contributed by atoms with Gasteiger partial charge in [0.2, 0.25) is 11.8 Å².